The number of anilines is 1. The van der Waals surface area contributed by atoms with Crippen LogP contribution in [0.25, 0.3) is 11.3 Å². The van der Waals surface area contributed by atoms with Crippen LogP contribution in [0.5, 0.6) is 5.75 Å². The molecule has 0 saturated heterocycles. The summed E-state index contributed by atoms with van der Waals surface area (Å²) < 4.78 is 5.59. The van der Waals surface area contributed by atoms with Crippen LogP contribution in [0.2, 0.25) is 0 Å². The van der Waals surface area contributed by atoms with E-state index in [9.17, 15) is 0 Å². The number of benzene rings is 1. The highest BCUT2D eigenvalue weighted by molar-refractivity contribution is 5.63. The third-order valence-electron chi connectivity index (χ3n) is 3.49. The molecule has 6 heteroatoms. The molecule has 0 aliphatic rings. The van der Waals surface area contributed by atoms with E-state index >= 15 is 0 Å². The summed E-state index contributed by atoms with van der Waals surface area (Å²) >= 11 is 0. The molecule has 3 rings (SSSR count). The van der Waals surface area contributed by atoms with Crippen LogP contribution in [0.15, 0.2) is 55.0 Å². The lowest BCUT2D eigenvalue weighted by atomic mass is 10.1. The maximum atomic E-state index is 5.59. The van der Waals surface area contributed by atoms with E-state index in [4.69, 9.17) is 4.74 Å². The number of nitrogens with zero attached hydrogens (tertiary/aromatic N) is 4. The maximum absolute atomic E-state index is 5.59. The molecule has 2 heterocycles. The van der Waals surface area contributed by atoms with Crippen molar-refractivity contribution in [1.82, 2.24) is 20.2 Å². The Labute approximate surface area is 141 Å². The van der Waals surface area contributed by atoms with Gasteiger partial charge in [-0.15, -0.1) is 5.10 Å². The van der Waals surface area contributed by atoms with Crippen LogP contribution < -0.4 is 10.1 Å². The first kappa shape index (κ1) is 15.9. The monoisotopic (exact) mass is 321 g/mol. The van der Waals surface area contributed by atoms with E-state index in [2.05, 4.69) is 38.5 Å². The van der Waals surface area contributed by atoms with Gasteiger partial charge in [-0.1, -0.05) is 24.3 Å². The number of pyridine rings is 1. The molecule has 24 heavy (non-hydrogen) atoms. The summed E-state index contributed by atoms with van der Waals surface area (Å²) in [7, 11) is 0. The summed E-state index contributed by atoms with van der Waals surface area (Å²) in [5, 5.41) is 11.2. The van der Waals surface area contributed by atoms with Gasteiger partial charge in [0.15, 0.2) is 0 Å². The second-order valence-corrected chi connectivity index (χ2v) is 5.30. The van der Waals surface area contributed by atoms with Crippen molar-refractivity contribution in [3.05, 3.63) is 60.6 Å². The fraction of sp³-hybridized carbons (Fsp3) is 0.222. The summed E-state index contributed by atoms with van der Waals surface area (Å²) in [6, 6.07) is 11.8. The third kappa shape index (κ3) is 4.25. The van der Waals surface area contributed by atoms with Gasteiger partial charge in [0.1, 0.15) is 5.75 Å². The van der Waals surface area contributed by atoms with Crippen LogP contribution in [-0.2, 0) is 0 Å². The van der Waals surface area contributed by atoms with Gasteiger partial charge in [-0.3, -0.25) is 4.98 Å². The molecule has 3 aromatic rings. The summed E-state index contributed by atoms with van der Waals surface area (Å²) in [6.45, 7) is 3.36. The first-order valence-corrected chi connectivity index (χ1v) is 7.85. The van der Waals surface area contributed by atoms with E-state index in [0.29, 0.717) is 19.1 Å². The molecular weight excluding hydrogens is 302 g/mol. The summed E-state index contributed by atoms with van der Waals surface area (Å²) in [5.41, 5.74) is 3.04. The van der Waals surface area contributed by atoms with Crippen LogP contribution in [-0.4, -0.2) is 33.3 Å². The number of aromatic nitrogens is 4. The molecule has 122 valence electrons. The zero-order chi connectivity index (χ0) is 16.6. The molecule has 2 aromatic heterocycles. The van der Waals surface area contributed by atoms with Crippen molar-refractivity contribution < 1.29 is 4.74 Å². The van der Waals surface area contributed by atoms with Crippen molar-refractivity contribution in [2.45, 2.75) is 13.3 Å². The predicted molar refractivity (Wildman–Crippen MR) is 92.8 cm³/mol. The Kier molecular flexibility index (Phi) is 5.29. The van der Waals surface area contributed by atoms with E-state index < -0.39 is 0 Å². The van der Waals surface area contributed by atoms with Crippen LogP contribution in [0.4, 0.5) is 5.95 Å². The van der Waals surface area contributed by atoms with Gasteiger partial charge in [-0.25, -0.2) is 4.98 Å². The van der Waals surface area contributed by atoms with Gasteiger partial charge in [0.2, 0.25) is 5.95 Å². The Balaban J connectivity index is 1.51. The second kappa shape index (κ2) is 8.01. The fourth-order valence-corrected chi connectivity index (χ4v) is 2.26. The minimum Gasteiger partial charge on any atom is -0.492 e. The van der Waals surface area contributed by atoms with Gasteiger partial charge < -0.3 is 10.1 Å². The van der Waals surface area contributed by atoms with Crippen molar-refractivity contribution in [3.63, 3.8) is 0 Å². The summed E-state index contributed by atoms with van der Waals surface area (Å²) in [6.07, 6.45) is 5.93. The first-order chi connectivity index (χ1) is 11.8. The molecule has 1 aromatic carbocycles. The van der Waals surface area contributed by atoms with Crippen LogP contribution in [0.3, 0.4) is 0 Å². The molecular formula is C18H19N5O. The maximum Gasteiger partial charge on any atom is 0.243 e. The fourth-order valence-electron chi connectivity index (χ4n) is 2.26. The van der Waals surface area contributed by atoms with Crippen molar-refractivity contribution >= 4 is 5.95 Å². The topological polar surface area (TPSA) is 72.8 Å². The zero-order valence-corrected chi connectivity index (χ0v) is 13.5. The predicted octanol–water partition coefficient (Wildman–Crippen LogP) is 3.12. The van der Waals surface area contributed by atoms with Crippen LogP contribution >= 0.6 is 0 Å². The normalized spacial score (nSPS) is 10.4. The Morgan fingerprint density at radius 1 is 1.08 bits per heavy atom. The largest absolute Gasteiger partial charge is 0.492 e. The number of rotatable bonds is 7. The van der Waals surface area contributed by atoms with Gasteiger partial charge >= 0.3 is 0 Å². The summed E-state index contributed by atoms with van der Waals surface area (Å²) in [5.74, 6) is 1.30. The van der Waals surface area contributed by atoms with E-state index in [0.717, 1.165) is 29.0 Å². The molecule has 0 saturated carbocycles. The van der Waals surface area contributed by atoms with Gasteiger partial charge in [-0.2, -0.15) is 5.10 Å². The quantitative estimate of drug-likeness (QED) is 0.674. The molecule has 0 amide bonds. The Morgan fingerprint density at radius 3 is 2.83 bits per heavy atom. The van der Waals surface area contributed by atoms with E-state index in [1.807, 2.05) is 30.3 Å². The molecule has 0 radical (unpaired) electrons. The van der Waals surface area contributed by atoms with E-state index in [1.165, 1.54) is 0 Å². The molecule has 6 nitrogen and oxygen atoms in total. The van der Waals surface area contributed by atoms with Crippen molar-refractivity contribution in [1.29, 1.82) is 0 Å². The molecule has 0 bridgehead atoms. The Hall–Kier alpha value is -3.02. The van der Waals surface area contributed by atoms with Gasteiger partial charge in [0.05, 0.1) is 24.7 Å². The van der Waals surface area contributed by atoms with Crippen molar-refractivity contribution in [3.8, 4) is 17.0 Å². The number of hydrogen-bond donors (Lipinski definition) is 1. The minimum absolute atomic E-state index is 0.525. The third-order valence-corrected chi connectivity index (χ3v) is 3.49. The van der Waals surface area contributed by atoms with Crippen LogP contribution in [0.1, 0.15) is 12.0 Å². The smallest absolute Gasteiger partial charge is 0.243 e. The highest BCUT2D eigenvalue weighted by Crippen LogP contribution is 2.20. The Bertz CT molecular complexity index is 779. The minimum atomic E-state index is 0.525. The number of nitrogens with one attached hydrogen (secondary N) is 1. The van der Waals surface area contributed by atoms with Crippen molar-refractivity contribution in [2.24, 2.45) is 0 Å². The lowest BCUT2D eigenvalue weighted by molar-refractivity contribution is 0.313. The lowest BCUT2D eigenvalue weighted by Gasteiger charge is -2.08. The van der Waals surface area contributed by atoms with Gasteiger partial charge in [0.25, 0.3) is 0 Å². The number of hydrogen-bond acceptors (Lipinski definition) is 6. The van der Waals surface area contributed by atoms with Gasteiger partial charge in [-0.05, 0) is 31.0 Å². The summed E-state index contributed by atoms with van der Waals surface area (Å²) in [4.78, 5) is 8.53. The highest BCUT2D eigenvalue weighted by Gasteiger charge is 2.05. The van der Waals surface area contributed by atoms with E-state index in [1.54, 1.807) is 18.6 Å². The molecule has 0 atom stereocenters. The zero-order valence-electron chi connectivity index (χ0n) is 13.5. The second-order valence-electron chi connectivity index (χ2n) is 5.30. The molecule has 1 N–H and O–H groups in total. The van der Waals surface area contributed by atoms with E-state index in [-0.39, 0.29) is 0 Å². The molecule has 0 unspecified atom stereocenters. The van der Waals surface area contributed by atoms with Crippen molar-refractivity contribution in [2.75, 3.05) is 18.5 Å². The lowest BCUT2D eigenvalue weighted by Crippen LogP contribution is -2.10. The average Bonchev–Trinajstić information content (AvgIpc) is 2.63. The SMILES string of the molecule is Cc1ccccc1-c1cnnc(NCCCOc2cccnc2)n1. The standard InChI is InChI=1S/C18H19N5O/c1-14-6-2-3-8-16(14)17-13-21-23-18(22-17)20-10-5-11-24-15-7-4-9-19-12-15/h2-4,6-9,12-13H,5,10-11H2,1H3,(H,20,22,23). The number of ether oxygens (including phenoxy) is 1. The molecule has 0 fully saturated rings. The average molecular weight is 321 g/mol. The Morgan fingerprint density at radius 2 is 2.00 bits per heavy atom. The molecule has 0 aliphatic carbocycles. The highest BCUT2D eigenvalue weighted by atomic mass is 16.5. The van der Waals surface area contributed by atoms with Gasteiger partial charge in [0, 0.05) is 18.3 Å². The molecule has 0 spiro atoms. The first-order valence-electron chi connectivity index (χ1n) is 7.85. The number of aryl methyl sites for hydroxylation is 1. The van der Waals surface area contributed by atoms with Crippen LogP contribution in [0, 0.1) is 6.92 Å². The molecule has 0 aliphatic heterocycles.